The molecule has 4 aromatic rings. The minimum absolute atomic E-state index is 0.132. The predicted octanol–water partition coefficient (Wildman–Crippen LogP) is 4.07. The molecular weight excluding hydrogens is 488 g/mol. The van der Waals surface area contributed by atoms with Crippen molar-refractivity contribution in [3.8, 4) is 34.1 Å². The number of hydrogen-bond donors (Lipinski definition) is 3. The fourth-order valence-corrected chi connectivity index (χ4v) is 3.62. The molecule has 0 aliphatic carbocycles. The summed E-state index contributed by atoms with van der Waals surface area (Å²) in [6, 6.07) is 13.8. The number of nitrogens with zero attached hydrogens (tertiary/aromatic N) is 1. The molecule has 0 unspecified atom stereocenters. The van der Waals surface area contributed by atoms with Gasteiger partial charge in [0, 0.05) is 11.1 Å². The maximum atomic E-state index is 13.6. The third kappa shape index (κ3) is 4.77. The Labute approximate surface area is 207 Å². The molecule has 11 heteroatoms. The van der Waals surface area contributed by atoms with E-state index in [0.29, 0.717) is 16.7 Å². The van der Waals surface area contributed by atoms with Crippen molar-refractivity contribution in [2.45, 2.75) is 0 Å². The van der Waals surface area contributed by atoms with Crippen LogP contribution in [0.2, 0.25) is 0 Å². The molecule has 0 aliphatic rings. The van der Waals surface area contributed by atoms with E-state index in [0.717, 1.165) is 24.3 Å². The normalized spacial score (nSPS) is 10.4. The van der Waals surface area contributed by atoms with Crippen LogP contribution in [-0.2, 0) is 4.74 Å². The number of aromatic hydroxyl groups is 1. The van der Waals surface area contributed by atoms with Crippen LogP contribution in [0.5, 0.6) is 5.75 Å². The standard InChI is InChI=1S/C26H15F2N3O6/c27-15-5-1-13(2-6-15)19-12-36-23(21(19)14-3-7-16(28)8-4-14)26(35)37-25(34)17-9-10-20(32)18(11-29)22(17)24(33)31-30/h1-10,12,32H,30H2,(H,31,33). The number of hydrazine groups is 1. The fourth-order valence-electron chi connectivity index (χ4n) is 3.62. The number of nitrogens with one attached hydrogen (secondary N) is 1. The molecule has 1 heterocycles. The second-order valence-corrected chi connectivity index (χ2v) is 7.51. The van der Waals surface area contributed by atoms with Crippen molar-refractivity contribution in [2.24, 2.45) is 5.84 Å². The van der Waals surface area contributed by atoms with Crippen LogP contribution >= 0.6 is 0 Å². The van der Waals surface area contributed by atoms with Gasteiger partial charge in [0.1, 0.15) is 35.3 Å². The van der Waals surface area contributed by atoms with Gasteiger partial charge in [-0.25, -0.2) is 24.2 Å². The number of carbonyl (C=O) groups excluding carboxylic acids is 3. The number of esters is 2. The lowest BCUT2D eigenvalue weighted by Gasteiger charge is -2.11. The summed E-state index contributed by atoms with van der Waals surface area (Å²) in [5, 5.41) is 19.2. The van der Waals surface area contributed by atoms with Crippen molar-refractivity contribution < 1.29 is 37.4 Å². The molecule has 0 saturated carbocycles. The van der Waals surface area contributed by atoms with E-state index in [4.69, 9.17) is 15.0 Å². The lowest BCUT2D eigenvalue weighted by Crippen LogP contribution is -2.32. The molecule has 0 fully saturated rings. The zero-order chi connectivity index (χ0) is 26.7. The zero-order valence-electron chi connectivity index (χ0n) is 18.6. The summed E-state index contributed by atoms with van der Waals surface area (Å²) in [5.41, 5.74) is 1.30. The van der Waals surface area contributed by atoms with Gasteiger partial charge in [0.25, 0.3) is 5.91 Å². The highest BCUT2D eigenvalue weighted by atomic mass is 19.1. The van der Waals surface area contributed by atoms with Gasteiger partial charge in [-0.05, 0) is 47.5 Å². The monoisotopic (exact) mass is 503 g/mol. The van der Waals surface area contributed by atoms with Crippen molar-refractivity contribution >= 4 is 17.8 Å². The molecule has 0 bridgehead atoms. The van der Waals surface area contributed by atoms with E-state index in [2.05, 4.69) is 0 Å². The number of phenolic OH excluding ortho intramolecular Hbond substituents is 1. The number of nitriles is 1. The average molecular weight is 503 g/mol. The van der Waals surface area contributed by atoms with Gasteiger partial charge in [0.05, 0.1) is 11.1 Å². The summed E-state index contributed by atoms with van der Waals surface area (Å²) in [6.45, 7) is 0. The molecule has 1 aromatic heterocycles. The van der Waals surface area contributed by atoms with Gasteiger partial charge in [0.15, 0.2) is 0 Å². The summed E-state index contributed by atoms with van der Waals surface area (Å²) in [7, 11) is 0. The highest BCUT2D eigenvalue weighted by Crippen LogP contribution is 2.37. The molecular formula is C26H15F2N3O6. The third-order valence-corrected chi connectivity index (χ3v) is 5.32. The minimum atomic E-state index is -1.34. The Morgan fingerprint density at radius 2 is 1.51 bits per heavy atom. The van der Waals surface area contributed by atoms with Crippen LogP contribution in [-0.4, -0.2) is 23.0 Å². The maximum absolute atomic E-state index is 13.6. The third-order valence-electron chi connectivity index (χ3n) is 5.32. The van der Waals surface area contributed by atoms with E-state index in [1.165, 1.54) is 42.7 Å². The first-order valence-electron chi connectivity index (χ1n) is 10.4. The number of carbonyl (C=O) groups is 3. The number of furan rings is 1. The lowest BCUT2D eigenvalue weighted by molar-refractivity contribution is 0.0374. The van der Waals surface area contributed by atoms with Crippen molar-refractivity contribution in [3.63, 3.8) is 0 Å². The molecule has 0 radical (unpaired) electrons. The predicted molar refractivity (Wildman–Crippen MR) is 124 cm³/mol. The van der Waals surface area contributed by atoms with Crippen molar-refractivity contribution in [2.75, 3.05) is 0 Å². The van der Waals surface area contributed by atoms with Crippen LogP contribution in [0.3, 0.4) is 0 Å². The molecule has 1 amide bonds. The molecule has 0 atom stereocenters. The molecule has 0 saturated heterocycles. The Morgan fingerprint density at radius 1 is 0.919 bits per heavy atom. The van der Waals surface area contributed by atoms with Crippen LogP contribution in [0, 0.1) is 23.0 Å². The number of nitrogen functional groups attached to an aromatic ring is 1. The topological polar surface area (TPSA) is 156 Å². The van der Waals surface area contributed by atoms with E-state index in [1.807, 2.05) is 0 Å². The van der Waals surface area contributed by atoms with Gasteiger partial charge >= 0.3 is 11.9 Å². The molecule has 3 aromatic carbocycles. The average Bonchev–Trinajstić information content (AvgIpc) is 3.34. The Kier molecular flexibility index (Phi) is 6.77. The zero-order valence-corrected chi connectivity index (χ0v) is 18.6. The number of hydrogen-bond acceptors (Lipinski definition) is 8. The smallest absolute Gasteiger partial charge is 0.382 e. The number of benzene rings is 3. The SMILES string of the molecule is N#Cc1c(O)ccc(C(=O)OC(=O)c2occ(-c3ccc(F)cc3)c2-c2ccc(F)cc2)c1C(=O)NN. The Bertz CT molecular complexity index is 1570. The van der Waals surface area contributed by atoms with Crippen LogP contribution < -0.4 is 11.3 Å². The van der Waals surface area contributed by atoms with Crippen molar-refractivity contribution in [1.29, 1.82) is 5.26 Å². The second-order valence-electron chi connectivity index (χ2n) is 7.51. The molecule has 4 N–H and O–H groups in total. The Hall–Kier alpha value is -5.34. The highest BCUT2D eigenvalue weighted by molar-refractivity contribution is 6.12. The Balaban J connectivity index is 1.77. The van der Waals surface area contributed by atoms with E-state index >= 15 is 0 Å². The molecule has 0 spiro atoms. The summed E-state index contributed by atoms with van der Waals surface area (Å²) in [5.74, 6) is -0.656. The van der Waals surface area contributed by atoms with E-state index < -0.39 is 57.7 Å². The minimum Gasteiger partial charge on any atom is -0.507 e. The number of ether oxygens (including phenoxy) is 1. The number of nitrogens with two attached hydrogens (primary N) is 1. The lowest BCUT2D eigenvalue weighted by atomic mass is 9.96. The summed E-state index contributed by atoms with van der Waals surface area (Å²) in [4.78, 5) is 38.1. The van der Waals surface area contributed by atoms with Crippen LogP contribution in [0.15, 0.2) is 71.3 Å². The van der Waals surface area contributed by atoms with Crippen LogP contribution in [0.1, 0.15) is 36.8 Å². The number of amides is 1. The van der Waals surface area contributed by atoms with Gasteiger partial charge < -0.3 is 14.3 Å². The number of halogens is 2. The van der Waals surface area contributed by atoms with Gasteiger partial charge in [-0.3, -0.25) is 10.2 Å². The van der Waals surface area contributed by atoms with Crippen molar-refractivity contribution in [3.05, 3.63) is 101 Å². The fraction of sp³-hybridized carbons (Fsp3) is 0. The first-order valence-corrected chi connectivity index (χ1v) is 10.4. The van der Waals surface area contributed by atoms with E-state index in [1.54, 1.807) is 11.5 Å². The first-order chi connectivity index (χ1) is 17.7. The first kappa shape index (κ1) is 24.8. The quantitative estimate of drug-likeness (QED) is 0.121. The second kappa shape index (κ2) is 10.1. The Morgan fingerprint density at radius 3 is 2.08 bits per heavy atom. The summed E-state index contributed by atoms with van der Waals surface area (Å²) in [6.07, 6.45) is 1.19. The number of rotatable bonds is 5. The van der Waals surface area contributed by atoms with Crippen LogP contribution in [0.25, 0.3) is 22.3 Å². The summed E-state index contributed by atoms with van der Waals surface area (Å²) < 4.78 is 37.4. The van der Waals surface area contributed by atoms with Gasteiger partial charge in [-0.1, -0.05) is 24.3 Å². The van der Waals surface area contributed by atoms with Gasteiger partial charge in [-0.15, -0.1) is 0 Å². The van der Waals surface area contributed by atoms with Gasteiger partial charge in [-0.2, -0.15) is 5.26 Å². The summed E-state index contributed by atoms with van der Waals surface area (Å²) >= 11 is 0. The van der Waals surface area contributed by atoms with Crippen LogP contribution in [0.4, 0.5) is 8.78 Å². The van der Waals surface area contributed by atoms with Gasteiger partial charge in [0.2, 0.25) is 5.76 Å². The van der Waals surface area contributed by atoms with Crippen molar-refractivity contribution in [1.82, 2.24) is 5.43 Å². The largest absolute Gasteiger partial charge is 0.507 e. The number of phenols is 1. The van der Waals surface area contributed by atoms with E-state index in [9.17, 15) is 33.5 Å². The molecule has 184 valence electrons. The maximum Gasteiger partial charge on any atom is 0.382 e. The molecule has 4 rings (SSSR count). The molecule has 9 nitrogen and oxygen atoms in total. The molecule has 37 heavy (non-hydrogen) atoms. The highest BCUT2D eigenvalue weighted by Gasteiger charge is 2.29. The van der Waals surface area contributed by atoms with E-state index in [-0.39, 0.29) is 5.56 Å². The molecule has 0 aliphatic heterocycles.